The number of amides is 1. The molecule has 0 radical (unpaired) electrons. The first-order valence-corrected chi connectivity index (χ1v) is 5.89. The Morgan fingerprint density at radius 2 is 2.06 bits per heavy atom. The molecule has 2 aliphatic rings. The second-order valence-corrected chi connectivity index (χ2v) is 5.72. The molecule has 3 atom stereocenters. The van der Waals surface area contributed by atoms with Gasteiger partial charge < -0.3 is 14.4 Å². The minimum Gasteiger partial charge on any atom is -0.444 e. The van der Waals surface area contributed by atoms with Crippen LogP contribution in [0.5, 0.6) is 0 Å². The Morgan fingerprint density at radius 3 is 2.56 bits per heavy atom. The quantitative estimate of drug-likeness (QED) is 0.641. The molecule has 0 spiro atoms. The van der Waals surface area contributed by atoms with Crippen molar-refractivity contribution in [2.45, 2.75) is 57.7 Å². The molecule has 0 aromatic rings. The topological polar surface area (TPSA) is 46.6 Å². The van der Waals surface area contributed by atoms with E-state index in [2.05, 4.69) is 0 Å². The summed E-state index contributed by atoms with van der Waals surface area (Å²) < 4.78 is 5.37. The SMILES string of the molecule is CC(C)(C)OC(=O)N1[C@@H]2CC[C@H]1[C@H](C=O)C2. The molecule has 0 aromatic carbocycles. The molecule has 2 aliphatic heterocycles. The second kappa shape index (κ2) is 3.75. The van der Waals surface area contributed by atoms with Crippen molar-refractivity contribution in [1.29, 1.82) is 0 Å². The van der Waals surface area contributed by atoms with Crippen LogP contribution in [0.2, 0.25) is 0 Å². The zero-order valence-electron chi connectivity index (χ0n) is 10.1. The Balaban J connectivity index is 2.06. The normalized spacial score (nSPS) is 32.9. The highest BCUT2D eigenvalue weighted by Crippen LogP contribution is 2.41. The van der Waals surface area contributed by atoms with Crippen molar-refractivity contribution in [1.82, 2.24) is 4.90 Å². The summed E-state index contributed by atoms with van der Waals surface area (Å²) in [4.78, 5) is 24.6. The molecule has 0 aromatic heterocycles. The third-order valence-corrected chi connectivity index (χ3v) is 3.36. The zero-order valence-corrected chi connectivity index (χ0v) is 10.1. The molecule has 4 nitrogen and oxygen atoms in total. The van der Waals surface area contributed by atoms with Crippen molar-refractivity contribution in [3.05, 3.63) is 0 Å². The molecular weight excluding hydrogens is 206 g/mol. The molecule has 2 bridgehead atoms. The van der Waals surface area contributed by atoms with E-state index in [-0.39, 0.29) is 24.1 Å². The fourth-order valence-electron chi connectivity index (χ4n) is 2.78. The molecule has 2 rings (SSSR count). The molecular formula is C12H19NO3. The van der Waals surface area contributed by atoms with Gasteiger partial charge in [-0.1, -0.05) is 0 Å². The Morgan fingerprint density at radius 1 is 1.38 bits per heavy atom. The fourth-order valence-corrected chi connectivity index (χ4v) is 2.78. The van der Waals surface area contributed by atoms with E-state index in [1.54, 1.807) is 4.90 Å². The molecule has 2 heterocycles. The van der Waals surface area contributed by atoms with Gasteiger partial charge in [0.25, 0.3) is 0 Å². The molecule has 0 unspecified atom stereocenters. The van der Waals surface area contributed by atoms with E-state index in [9.17, 15) is 9.59 Å². The lowest BCUT2D eigenvalue weighted by atomic mass is 9.90. The largest absolute Gasteiger partial charge is 0.444 e. The first-order chi connectivity index (χ1) is 7.42. The van der Waals surface area contributed by atoms with Gasteiger partial charge in [0.05, 0.1) is 0 Å². The second-order valence-electron chi connectivity index (χ2n) is 5.72. The van der Waals surface area contributed by atoms with Gasteiger partial charge in [0.2, 0.25) is 0 Å². The highest BCUT2D eigenvalue weighted by Gasteiger charge is 2.49. The summed E-state index contributed by atoms with van der Waals surface area (Å²) in [6.45, 7) is 5.58. The average Bonchev–Trinajstić information content (AvgIpc) is 2.70. The van der Waals surface area contributed by atoms with Gasteiger partial charge in [-0.25, -0.2) is 4.79 Å². The molecule has 16 heavy (non-hydrogen) atoms. The highest BCUT2D eigenvalue weighted by molar-refractivity contribution is 5.72. The number of carbonyl (C=O) groups is 2. The average molecular weight is 225 g/mol. The summed E-state index contributed by atoms with van der Waals surface area (Å²) in [7, 11) is 0. The fraction of sp³-hybridized carbons (Fsp3) is 0.833. The number of ether oxygens (including phenoxy) is 1. The maximum atomic E-state index is 12.0. The van der Waals surface area contributed by atoms with Crippen molar-refractivity contribution >= 4 is 12.4 Å². The van der Waals surface area contributed by atoms with Crippen LogP contribution in [-0.4, -0.2) is 35.0 Å². The van der Waals surface area contributed by atoms with Crippen LogP contribution in [0.4, 0.5) is 4.79 Å². The Hall–Kier alpha value is -1.06. The van der Waals surface area contributed by atoms with Crippen molar-refractivity contribution in [3.8, 4) is 0 Å². The first kappa shape index (κ1) is 11.4. The Bertz CT molecular complexity index is 308. The van der Waals surface area contributed by atoms with Crippen LogP contribution in [0.1, 0.15) is 40.0 Å². The van der Waals surface area contributed by atoms with E-state index in [4.69, 9.17) is 4.74 Å². The lowest BCUT2D eigenvalue weighted by molar-refractivity contribution is -0.111. The number of nitrogens with zero attached hydrogens (tertiary/aromatic N) is 1. The number of rotatable bonds is 1. The van der Waals surface area contributed by atoms with Gasteiger partial charge >= 0.3 is 6.09 Å². The monoisotopic (exact) mass is 225 g/mol. The van der Waals surface area contributed by atoms with Gasteiger partial charge in [-0.3, -0.25) is 0 Å². The number of carbonyl (C=O) groups excluding carboxylic acids is 2. The zero-order chi connectivity index (χ0) is 11.9. The van der Waals surface area contributed by atoms with Crippen LogP contribution in [0.3, 0.4) is 0 Å². The molecule has 0 aliphatic carbocycles. The van der Waals surface area contributed by atoms with Gasteiger partial charge in [0.1, 0.15) is 11.9 Å². The van der Waals surface area contributed by atoms with Crippen molar-refractivity contribution in [2.24, 2.45) is 5.92 Å². The van der Waals surface area contributed by atoms with Crippen LogP contribution in [0.15, 0.2) is 0 Å². The van der Waals surface area contributed by atoms with Crippen molar-refractivity contribution < 1.29 is 14.3 Å². The minimum atomic E-state index is -0.463. The van der Waals surface area contributed by atoms with Gasteiger partial charge in [-0.05, 0) is 40.0 Å². The predicted molar refractivity (Wildman–Crippen MR) is 59.1 cm³/mol. The first-order valence-electron chi connectivity index (χ1n) is 5.89. The molecule has 4 heteroatoms. The summed E-state index contributed by atoms with van der Waals surface area (Å²) in [5.74, 6) is 0.0197. The number of hydrogen-bond donors (Lipinski definition) is 0. The lowest BCUT2D eigenvalue weighted by Gasteiger charge is -2.27. The van der Waals surface area contributed by atoms with Gasteiger partial charge in [-0.15, -0.1) is 0 Å². The van der Waals surface area contributed by atoms with E-state index in [1.165, 1.54) is 0 Å². The summed E-state index contributed by atoms with van der Waals surface area (Å²) in [5, 5.41) is 0. The molecule has 2 fully saturated rings. The van der Waals surface area contributed by atoms with Crippen LogP contribution < -0.4 is 0 Å². The van der Waals surface area contributed by atoms with E-state index >= 15 is 0 Å². The lowest BCUT2D eigenvalue weighted by Crippen LogP contribution is -2.40. The Kier molecular flexibility index (Phi) is 2.68. The van der Waals surface area contributed by atoms with E-state index in [0.29, 0.717) is 0 Å². The molecule has 1 amide bonds. The maximum Gasteiger partial charge on any atom is 0.410 e. The van der Waals surface area contributed by atoms with E-state index < -0.39 is 5.60 Å². The summed E-state index contributed by atoms with van der Waals surface area (Å²) in [6, 6.07) is 0.299. The van der Waals surface area contributed by atoms with Crippen LogP contribution in [0, 0.1) is 5.92 Å². The third kappa shape index (κ3) is 1.93. The Labute approximate surface area is 95.9 Å². The smallest absolute Gasteiger partial charge is 0.410 e. The number of aldehydes is 1. The molecule has 2 saturated heterocycles. The van der Waals surface area contributed by atoms with E-state index in [0.717, 1.165) is 25.5 Å². The van der Waals surface area contributed by atoms with Crippen molar-refractivity contribution in [2.75, 3.05) is 0 Å². The number of hydrogen-bond acceptors (Lipinski definition) is 3. The minimum absolute atomic E-state index is 0.0197. The van der Waals surface area contributed by atoms with Crippen LogP contribution in [-0.2, 0) is 9.53 Å². The molecule has 0 saturated carbocycles. The maximum absolute atomic E-state index is 12.0. The summed E-state index contributed by atoms with van der Waals surface area (Å²) >= 11 is 0. The predicted octanol–water partition coefficient (Wildman–Crippen LogP) is 1.97. The summed E-state index contributed by atoms with van der Waals surface area (Å²) in [5.41, 5.74) is -0.463. The highest BCUT2D eigenvalue weighted by atomic mass is 16.6. The van der Waals surface area contributed by atoms with Gasteiger partial charge in [-0.2, -0.15) is 0 Å². The van der Waals surface area contributed by atoms with Gasteiger partial charge in [0, 0.05) is 18.0 Å². The van der Waals surface area contributed by atoms with Gasteiger partial charge in [0.15, 0.2) is 0 Å². The van der Waals surface area contributed by atoms with Crippen LogP contribution in [0.25, 0.3) is 0 Å². The number of fused-ring (bicyclic) bond motifs is 2. The third-order valence-electron chi connectivity index (χ3n) is 3.36. The summed E-state index contributed by atoms with van der Waals surface area (Å²) in [6.07, 6.45) is 3.49. The standard InChI is InChI=1S/C12H19NO3/c1-12(2,3)16-11(15)13-9-4-5-10(13)8(6-9)7-14/h7-10H,4-6H2,1-3H3/t8-,9+,10-/m0/s1. The molecule has 0 N–H and O–H groups in total. The van der Waals surface area contributed by atoms with E-state index in [1.807, 2.05) is 20.8 Å². The molecule has 90 valence electrons. The van der Waals surface area contributed by atoms with Crippen molar-refractivity contribution in [3.63, 3.8) is 0 Å². The van der Waals surface area contributed by atoms with Crippen LogP contribution >= 0.6 is 0 Å².